The summed E-state index contributed by atoms with van der Waals surface area (Å²) in [5, 5.41) is 9.52. The number of nitrogens with two attached hydrogens (primary N) is 1. The Morgan fingerprint density at radius 1 is 1.46 bits per heavy atom. The van der Waals surface area contributed by atoms with Gasteiger partial charge in [0.05, 0.1) is 0 Å². The van der Waals surface area contributed by atoms with Gasteiger partial charge in [0, 0.05) is 43.2 Å². The predicted molar refractivity (Wildman–Crippen MR) is 92.6 cm³/mol. The van der Waals surface area contributed by atoms with E-state index in [4.69, 9.17) is 5.73 Å². The summed E-state index contributed by atoms with van der Waals surface area (Å²) in [4.78, 5) is 26.7. The Balaban J connectivity index is 1.56. The average molecular weight is 347 g/mol. The van der Waals surface area contributed by atoms with Crippen molar-refractivity contribution in [2.24, 2.45) is 5.73 Å². The lowest BCUT2D eigenvalue weighted by Crippen LogP contribution is -2.43. The van der Waals surface area contributed by atoms with Crippen molar-refractivity contribution in [3.05, 3.63) is 34.2 Å². The van der Waals surface area contributed by atoms with Gasteiger partial charge >= 0.3 is 0 Å². The van der Waals surface area contributed by atoms with Crippen LogP contribution in [0.25, 0.3) is 0 Å². The Labute approximate surface area is 144 Å². The summed E-state index contributed by atoms with van der Waals surface area (Å²) < 4.78 is 1.64. The molecular formula is C16H21N5O2S. The molecule has 2 amide bonds. The molecule has 24 heavy (non-hydrogen) atoms. The summed E-state index contributed by atoms with van der Waals surface area (Å²) in [6.07, 6.45) is 2.93. The molecule has 0 spiro atoms. The summed E-state index contributed by atoms with van der Waals surface area (Å²) in [5.41, 5.74) is 6.38. The van der Waals surface area contributed by atoms with E-state index < -0.39 is 0 Å². The van der Waals surface area contributed by atoms with Crippen LogP contribution in [-0.4, -0.2) is 39.1 Å². The predicted octanol–water partition coefficient (Wildman–Crippen LogP) is 1.21. The Morgan fingerprint density at radius 3 is 3.08 bits per heavy atom. The molecule has 7 nitrogen and oxygen atoms in total. The van der Waals surface area contributed by atoms with Gasteiger partial charge in [0.25, 0.3) is 0 Å². The fraction of sp³-hybridized carbons (Fsp3) is 0.438. The van der Waals surface area contributed by atoms with Crippen molar-refractivity contribution in [2.45, 2.75) is 38.9 Å². The minimum absolute atomic E-state index is 0.0681. The zero-order valence-electron chi connectivity index (χ0n) is 13.6. The standard InChI is InChI=1S/C16H21N5O2S/c1-11(18-15-4-8-21(19-15)7-3-14(17)22)16(23)20-6-2-13-12(10-20)5-9-24-13/h4-5,8-9,11H,2-3,6-7,10H2,1H3,(H2,17,22)(H,18,19)/t11-/m0/s1. The van der Waals surface area contributed by atoms with Crippen LogP contribution in [-0.2, 0) is 29.1 Å². The van der Waals surface area contributed by atoms with Gasteiger partial charge < -0.3 is 16.0 Å². The molecule has 0 saturated heterocycles. The van der Waals surface area contributed by atoms with E-state index in [1.54, 1.807) is 28.3 Å². The summed E-state index contributed by atoms with van der Waals surface area (Å²) in [5.74, 6) is 0.327. The maximum atomic E-state index is 12.6. The fourth-order valence-electron chi connectivity index (χ4n) is 2.78. The highest BCUT2D eigenvalue weighted by molar-refractivity contribution is 7.10. The number of carbonyl (C=O) groups is 2. The molecule has 0 aromatic carbocycles. The molecule has 0 radical (unpaired) electrons. The number of thiophene rings is 1. The molecule has 3 heterocycles. The molecule has 0 bridgehead atoms. The topological polar surface area (TPSA) is 93.2 Å². The number of aromatic nitrogens is 2. The lowest BCUT2D eigenvalue weighted by atomic mass is 10.1. The third-order valence-corrected chi connectivity index (χ3v) is 5.11. The first-order valence-corrected chi connectivity index (χ1v) is 8.83. The normalized spacial score (nSPS) is 15.0. The van der Waals surface area contributed by atoms with Gasteiger partial charge in [-0.15, -0.1) is 11.3 Å². The van der Waals surface area contributed by atoms with Gasteiger partial charge in [0.15, 0.2) is 0 Å². The van der Waals surface area contributed by atoms with Crippen LogP contribution in [0.1, 0.15) is 23.8 Å². The monoisotopic (exact) mass is 347 g/mol. The minimum Gasteiger partial charge on any atom is -0.370 e. The van der Waals surface area contributed by atoms with Gasteiger partial charge in [0.1, 0.15) is 11.9 Å². The molecular weight excluding hydrogens is 326 g/mol. The van der Waals surface area contributed by atoms with Crippen LogP contribution in [0, 0.1) is 0 Å². The number of amides is 2. The third-order valence-electron chi connectivity index (χ3n) is 4.08. The van der Waals surface area contributed by atoms with E-state index in [1.165, 1.54) is 10.4 Å². The van der Waals surface area contributed by atoms with E-state index >= 15 is 0 Å². The highest BCUT2D eigenvalue weighted by Crippen LogP contribution is 2.24. The van der Waals surface area contributed by atoms with Crippen molar-refractivity contribution < 1.29 is 9.59 Å². The Kier molecular flexibility index (Phi) is 4.84. The van der Waals surface area contributed by atoms with Crippen LogP contribution in [0.2, 0.25) is 0 Å². The third kappa shape index (κ3) is 3.76. The van der Waals surface area contributed by atoms with E-state index in [-0.39, 0.29) is 24.3 Å². The van der Waals surface area contributed by atoms with Gasteiger partial charge in [-0.3, -0.25) is 14.3 Å². The highest BCUT2D eigenvalue weighted by atomic mass is 32.1. The smallest absolute Gasteiger partial charge is 0.245 e. The van der Waals surface area contributed by atoms with Gasteiger partial charge in [0.2, 0.25) is 11.8 Å². The number of primary amides is 1. The second-order valence-corrected chi connectivity index (χ2v) is 6.93. The quantitative estimate of drug-likeness (QED) is 0.821. The second-order valence-electron chi connectivity index (χ2n) is 5.93. The first-order chi connectivity index (χ1) is 11.5. The van der Waals surface area contributed by atoms with Crippen LogP contribution in [0.5, 0.6) is 0 Å². The van der Waals surface area contributed by atoms with Crippen LogP contribution < -0.4 is 11.1 Å². The van der Waals surface area contributed by atoms with E-state index in [9.17, 15) is 9.59 Å². The molecule has 8 heteroatoms. The van der Waals surface area contributed by atoms with E-state index in [2.05, 4.69) is 21.9 Å². The van der Waals surface area contributed by atoms with E-state index in [0.29, 0.717) is 18.9 Å². The largest absolute Gasteiger partial charge is 0.370 e. The average Bonchev–Trinajstić information content (AvgIpc) is 3.20. The van der Waals surface area contributed by atoms with E-state index in [0.717, 1.165) is 13.0 Å². The van der Waals surface area contributed by atoms with Gasteiger partial charge in [-0.05, 0) is 30.4 Å². The van der Waals surface area contributed by atoms with Crippen LogP contribution in [0.15, 0.2) is 23.7 Å². The molecule has 128 valence electrons. The molecule has 1 aliphatic heterocycles. The lowest BCUT2D eigenvalue weighted by molar-refractivity contribution is -0.132. The molecule has 1 atom stereocenters. The van der Waals surface area contributed by atoms with Crippen molar-refractivity contribution in [1.29, 1.82) is 0 Å². The maximum Gasteiger partial charge on any atom is 0.245 e. The van der Waals surface area contributed by atoms with Crippen molar-refractivity contribution in [3.63, 3.8) is 0 Å². The number of carbonyl (C=O) groups excluding carboxylic acids is 2. The van der Waals surface area contributed by atoms with Crippen LogP contribution in [0.4, 0.5) is 5.82 Å². The number of fused-ring (bicyclic) bond motifs is 1. The second kappa shape index (κ2) is 7.04. The van der Waals surface area contributed by atoms with Crippen molar-refractivity contribution in [1.82, 2.24) is 14.7 Å². The first-order valence-electron chi connectivity index (χ1n) is 7.95. The summed E-state index contributed by atoms with van der Waals surface area (Å²) in [6.45, 7) is 3.71. The Bertz CT molecular complexity index is 738. The summed E-state index contributed by atoms with van der Waals surface area (Å²) in [6, 6.07) is 3.53. The van der Waals surface area contributed by atoms with E-state index in [1.807, 2.05) is 11.8 Å². The van der Waals surface area contributed by atoms with Crippen LogP contribution in [0.3, 0.4) is 0 Å². The number of hydrogen-bond acceptors (Lipinski definition) is 5. The number of rotatable bonds is 6. The molecule has 3 N–H and O–H groups in total. The molecule has 0 fully saturated rings. The van der Waals surface area contributed by atoms with Crippen LogP contribution >= 0.6 is 11.3 Å². The minimum atomic E-state index is -0.360. The molecule has 3 rings (SSSR count). The van der Waals surface area contributed by atoms with Crippen molar-refractivity contribution >= 4 is 29.0 Å². The molecule has 0 unspecified atom stereocenters. The molecule has 2 aromatic rings. The fourth-order valence-corrected chi connectivity index (χ4v) is 3.67. The zero-order chi connectivity index (χ0) is 17.1. The van der Waals surface area contributed by atoms with Crippen molar-refractivity contribution in [3.8, 4) is 0 Å². The highest BCUT2D eigenvalue weighted by Gasteiger charge is 2.25. The van der Waals surface area contributed by atoms with Gasteiger partial charge in [-0.25, -0.2) is 0 Å². The Morgan fingerprint density at radius 2 is 2.29 bits per heavy atom. The number of nitrogens with one attached hydrogen (secondary N) is 1. The Hall–Kier alpha value is -2.35. The first kappa shape index (κ1) is 16.5. The number of nitrogens with zero attached hydrogens (tertiary/aromatic N) is 3. The van der Waals surface area contributed by atoms with Gasteiger partial charge in [-0.2, -0.15) is 5.10 Å². The number of aryl methyl sites for hydroxylation is 1. The van der Waals surface area contributed by atoms with Gasteiger partial charge in [-0.1, -0.05) is 0 Å². The molecule has 2 aromatic heterocycles. The zero-order valence-corrected chi connectivity index (χ0v) is 14.4. The summed E-state index contributed by atoms with van der Waals surface area (Å²) >= 11 is 1.76. The van der Waals surface area contributed by atoms with Crippen molar-refractivity contribution in [2.75, 3.05) is 11.9 Å². The SMILES string of the molecule is C[C@H](Nc1ccn(CCC(N)=O)n1)C(=O)N1CCc2sccc2C1. The molecule has 0 aliphatic carbocycles. The summed E-state index contributed by atoms with van der Waals surface area (Å²) in [7, 11) is 0. The number of anilines is 1. The lowest BCUT2D eigenvalue weighted by Gasteiger charge is -2.29. The number of hydrogen-bond donors (Lipinski definition) is 2. The molecule has 0 saturated carbocycles. The maximum absolute atomic E-state index is 12.6. The molecule has 1 aliphatic rings.